The molecule has 0 radical (unpaired) electrons. The molecule has 0 saturated carbocycles. The van der Waals surface area contributed by atoms with Crippen LogP contribution in [-0.2, 0) is 0 Å². The first-order valence-corrected chi connectivity index (χ1v) is 3.99. The molecular weight excluding hydrogens is 217 g/mol. The van der Waals surface area contributed by atoms with Gasteiger partial charge in [-0.2, -0.15) is 0 Å². The zero-order chi connectivity index (χ0) is 10.0. The summed E-state index contributed by atoms with van der Waals surface area (Å²) in [7, 11) is 1.39. The van der Waals surface area contributed by atoms with E-state index in [4.69, 9.17) is 27.9 Å². The number of nitro groups is 1. The van der Waals surface area contributed by atoms with E-state index < -0.39 is 4.92 Å². The van der Waals surface area contributed by atoms with E-state index in [-0.39, 0.29) is 15.7 Å². The second-order valence-corrected chi connectivity index (χ2v) is 2.98. The Kier molecular flexibility index (Phi) is 2.95. The van der Waals surface area contributed by atoms with E-state index in [1.54, 1.807) is 0 Å². The lowest BCUT2D eigenvalue weighted by molar-refractivity contribution is -0.384. The van der Waals surface area contributed by atoms with Gasteiger partial charge in [0.15, 0.2) is 0 Å². The number of nitrogens with zero attached hydrogens (tertiary/aromatic N) is 1. The molecule has 0 heterocycles. The maximum Gasteiger partial charge on any atom is 0.293 e. The average molecular weight is 222 g/mol. The molecule has 0 aliphatic carbocycles. The standard InChI is InChI=1S/C7H5Cl2NO3/c1-13-4-2-5(8)7(9)6(3-4)10(11)12/h2-3H,1H3. The fourth-order valence-corrected chi connectivity index (χ4v) is 1.18. The first kappa shape index (κ1) is 10.1. The van der Waals surface area contributed by atoms with E-state index in [2.05, 4.69) is 0 Å². The predicted octanol–water partition coefficient (Wildman–Crippen LogP) is 2.91. The van der Waals surface area contributed by atoms with E-state index in [1.807, 2.05) is 0 Å². The van der Waals surface area contributed by atoms with E-state index in [0.29, 0.717) is 5.75 Å². The number of nitro benzene ring substituents is 1. The van der Waals surface area contributed by atoms with Crippen LogP contribution in [-0.4, -0.2) is 12.0 Å². The van der Waals surface area contributed by atoms with Crippen LogP contribution in [0.2, 0.25) is 10.0 Å². The van der Waals surface area contributed by atoms with Gasteiger partial charge in [-0.3, -0.25) is 10.1 Å². The van der Waals surface area contributed by atoms with Crippen LogP contribution in [0.25, 0.3) is 0 Å². The highest BCUT2D eigenvalue weighted by atomic mass is 35.5. The summed E-state index contributed by atoms with van der Waals surface area (Å²) in [6, 6.07) is 2.63. The Labute approximate surface area is 84.2 Å². The van der Waals surface area contributed by atoms with Gasteiger partial charge in [0.25, 0.3) is 5.69 Å². The third-order valence-corrected chi connectivity index (χ3v) is 2.21. The third kappa shape index (κ3) is 2.02. The molecule has 0 atom stereocenters. The Morgan fingerprint density at radius 3 is 2.54 bits per heavy atom. The number of hydrogen-bond donors (Lipinski definition) is 0. The van der Waals surface area contributed by atoms with Gasteiger partial charge in [-0.25, -0.2) is 0 Å². The lowest BCUT2D eigenvalue weighted by Gasteiger charge is -2.02. The number of ether oxygens (including phenoxy) is 1. The van der Waals surface area contributed by atoms with Gasteiger partial charge in [0.05, 0.1) is 23.1 Å². The van der Waals surface area contributed by atoms with Crippen molar-refractivity contribution in [3.8, 4) is 5.75 Å². The highest BCUT2D eigenvalue weighted by molar-refractivity contribution is 6.43. The largest absolute Gasteiger partial charge is 0.496 e. The number of hydrogen-bond acceptors (Lipinski definition) is 3. The summed E-state index contributed by atoms with van der Waals surface area (Å²) in [5.41, 5.74) is -0.258. The van der Waals surface area contributed by atoms with E-state index >= 15 is 0 Å². The fourth-order valence-electron chi connectivity index (χ4n) is 0.801. The van der Waals surface area contributed by atoms with Crippen molar-refractivity contribution in [2.24, 2.45) is 0 Å². The second-order valence-electron chi connectivity index (χ2n) is 2.20. The van der Waals surface area contributed by atoms with Crippen molar-refractivity contribution in [3.63, 3.8) is 0 Å². The van der Waals surface area contributed by atoms with Crippen LogP contribution < -0.4 is 4.74 Å². The molecular formula is C7H5Cl2NO3. The van der Waals surface area contributed by atoms with Crippen LogP contribution in [0, 0.1) is 10.1 Å². The Morgan fingerprint density at radius 2 is 2.08 bits per heavy atom. The Balaban J connectivity index is 3.33. The minimum atomic E-state index is -0.614. The Bertz CT molecular complexity index is 354. The molecule has 0 N–H and O–H groups in total. The highest BCUT2D eigenvalue weighted by Crippen LogP contribution is 2.35. The molecule has 0 saturated heterocycles. The van der Waals surface area contributed by atoms with Crippen molar-refractivity contribution in [2.75, 3.05) is 7.11 Å². The van der Waals surface area contributed by atoms with E-state index in [0.717, 1.165) is 0 Å². The zero-order valence-electron chi connectivity index (χ0n) is 6.58. The van der Waals surface area contributed by atoms with Crippen molar-refractivity contribution in [3.05, 3.63) is 32.3 Å². The van der Waals surface area contributed by atoms with Gasteiger partial charge >= 0.3 is 0 Å². The molecule has 0 spiro atoms. The molecule has 0 aliphatic heterocycles. The first-order chi connectivity index (χ1) is 6.06. The minimum absolute atomic E-state index is 0.0764. The normalized spacial score (nSPS) is 9.77. The van der Waals surface area contributed by atoms with E-state index in [9.17, 15) is 10.1 Å². The molecule has 1 aromatic carbocycles. The summed E-state index contributed by atoms with van der Waals surface area (Å²) >= 11 is 11.2. The Hall–Kier alpha value is -1.00. The summed E-state index contributed by atoms with van der Waals surface area (Å²) in [4.78, 5) is 9.83. The predicted molar refractivity (Wildman–Crippen MR) is 49.7 cm³/mol. The molecule has 0 aromatic heterocycles. The molecule has 0 unspecified atom stereocenters. The quantitative estimate of drug-likeness (QED) is 0.570. The van der Waals surface area contributed by atoms with Gasteiger partial charge in [-0.1, -0.05) is 23.2 Å². The number of rotatable bonds is 2. The summed E-state index contributed by atoms with van der Waals surface area (Å²) in [5.74, 6) is 0.307. The third-order valence-electron chi connectivity index (χ3n) is 1.41. The lowest BCUT2D eigenvalue weighted by Crippen LogP contribution is -1.91. The van der Waals surface area contributed by atoms with E-state index in [1.165, 1.54) is 19.2 Å². The molecule has 6 heteroatoms. The monoisotopic (exact) mass is 221 g/mol. The lowest BCUT2D eigenvalue weighted by atomic mass is 10.3. The SMILES string of the molecule is COc1cc(Cl)c(Cl)c([N+](=O)[O-])c1. The number of benzene rings is 1. The van der Waals surface area contributed by atoms with Crippen molar-refractivity contribution in [1.82, 2.24) is 0 Å². The maximum atomic E-state index is 10.4. The van der Waals surface area contributed by atoms with Crippen molar-refractivity contribution in [1.29, 1.82) is 0 Å². The summed E-state index contributed by atoms with van der Waals surface area (Å²) in [6.07, 6.45) is 0. The first-order valence-electron chi connectivity index (χ1n) is 3.23. The van der Waals surface area contributed by atoms with Gasteiger partial charge in [0.2, 0.25) is 0 Å². The van der Waals surface area contributed by atoms with Crippen molar-refractivity contribution >= 4 is 28.9 Å². The smallest absolute Gasteiger partial charge is 0.293 e. The van der Waals surface area contributed by atoms with Crippen LogP contribution in [0.1, 0.15) is 0 Å². The van der Waals surface area contributed by atoms with Crippen molar-refractivity contribution in [2.45, 2.75) is 0 Å². The highest BCUT2D eigenvalue weighted by Gasteiger charge is 2.17. The van der Waals surface area contributed by atoms with Crippen LogP contribution in [0.4, 0.5) is 5.69 Å². The molecule has 13 heavy (non-hydrogen) atoms. The number of halogens is 2. The minimum Gasteiger partial charge on any atom is -0.496 e. The second kappa shape index (κ2) is 3.81. The molecule has 0 amide bonds. The van der Waals surface area contributed by atoms with Crippen LogP contribution in [0.15, 0.2) is 12.1 Å². The van der Waals surface area contributed by atoms with Crippen LogP contribution >= 0.6 is 23.2 Å². The zero-order valence-corrected chi connectivity index (χ0v) is 8.09. The molecule has 70 valence electrons. The Morgan fingerprint density at radius 1 is 1.46 bits per heavy atom. The van der Waals surface area contributed by atoms with Crippen LogP contribution in [0.3, 0.4) is 0 Å². The molecule has 0 fully saturated rings. The van der Waals surface area contributed by atoms with Gasteiger partial charge < -0.3 is 4.74 Å². The van der Waals surface area contributed by atoms with Crippen LogP contribution in [0.5, 0.6) is 5.75 Å². The molecule has 0 bridgehead atoms. The van der Waals surface area contributed by atoms with Gasteiger partial charge in [0, 0.05) is 6.07 Å². The summed E-state index contributed by atoms with van der Waals surface area (Å²) in [6.45, 7) is 0. The average Bonchev–Trinajstić information content (AvgIpc) is 2.09. The summed E-state index contributed by atoms with van der Waals surface area (Å²) in [5, 5.41) is 10.5. The maximum absolute atomic E-state index is 10.4. The molecule has 1 aromatic rings. The topological polar surface area (TPSA) is 52.4 Å². The molecule has 1 rings (SSSR count). The molecule has 4 nitrogen and oxygen atoms in total. The number of methoxy groups -OCH3 is 1. The molecule has 0 aliphatic rings. The van der Waals surface area contributed by atoms with Crippen molar-refractivity contribution < 1.29 is 9.66 Å². The summed E-state index contributed by atoms with van der Waals surface area (Å²) < 4.78 is 4.79. The fraction of sp³-hybridized carbons (Fsp3) is 0.143. The van der Waals surface area contributed by atoms with Gasteiger partial charge in [-0.15, -0.1) is 0 Å². The van der Waals surface area contributed by atoms with Gasteiger partial charge in [0.1, 0.15) is 10.8 Å². The van der Waals surface area contributed by atoms with Gasteiger partial charge in [-0.05, 0) is 0 Å².